The Labute approximate surface area is 149 Å². The van der Waals surface area contributed by atoms with Gasteiger partial charge in [-0.15, -0.1) is 0 Å². The maximum absolute atomic E-state index is 11.8. The van der Waals surface area contributed by atoms with Gasteiger partial charge >= 0.3 is 0 Å². The van der Waals surface area contributed by atoms with Crippen molar-refractivity contribution in [2.75, 3.05) is 24.0 Å². The Kier molecular flexibility index (Phi) is 7.10. The average Bonchev–Trinajstić information content (AvgIpc) is 2.70. The Morgan fingerprint density at radius 3 is 2.25 bits per heavy atom. The molecule has 0 aromatic rings. The highest BCUT2D eigenvalue weighted by Gasteiger charge is 2.64. The molecule has 2 aliphatic carbocycles. The van der Waals surface area contributed by atoms with Gasteiger partial charge in [0.2, 0.25) is 0 Å². The quantitative estimate of drug-likeness (QED) is 0.522. The zero-order chi connectivity index (χ0) is 18.8. The van der Waals surface area contributed by atoms with Crippen LogP contribution in [0.1, 0.15) is 52.9 Å². The standard InChI is InChI=1S/C10H16O4S.C7H15OS/c1-9(2)7-3-4-10(9,8(11)5-7)6-15(12,13)14;1-4-5-7(8)6-9(2)3/h7H,3-6H2,1-2H3,(H,12,13,14);4-6H2,1-3H3/q;+1/p-1. The van der Waals surface area contributed by atoms with Crippen LogP contribution in [0.15, 0.2) is 0 Å². The Morgan fingerprint density at radius 1 is 1.33 bits per heavy atom. The largest absolute Gasteiger partial charge is 0.748 e. The average molecular weight is 379 g/mol. The summed E-state index contributed by atoms with van der Waals surface area (Å²) < 4.78 is 32.7. The van der Waals surface area contributed by atoms with Crippen molar-refractivity contribution >= 4 is 32.6 Å². The lowest BCUT2D eigenvalue weighted by Crippen LogP contribution is -2.42. The molecule has 0 aliphatic heterocycles. The number of fused-ring (bicyclic) bond motifs is 2. The molecule has 2 unspecified atom stereocenters. The number of ketones is 2. The lowest BCUT2D eigenvalue weighted by molar-refractivity contribution is -0.128. The predicted molar refractivity (Wildman–Crippen MR) is 97.1 cm³/mol. The zero-order valence-corrected chi connectivity index (χ0v) is 17.0. The van der Waals surface area contributed by atoms with Gasteiger partial charge in [0.15, 0.2) is 11.5 Å². The highest BCUT2D eigenvalue weighted by atomic mass is 32.2. The van der Waals surface area contributed by atoms with Crippen LogP contribution in [-0.2, 0) is 30.6 Å². The summed E-state index contributed by atoms with van der Waals surface area (Å²) in [6.07, 6.45) is 7.85. The van der Waals surface area contributed by atoms with Crippen LogP contribution in [0.2, 0.25) is 0 Å². The van der Waals surface area contributed by atoms with Crippen molar-refractivity contribution in [1.29, 1.82) is 0 Å². The first-order valence-electron chi connectivity index (χ1n) is 8.38. The molecule has 0 spiro atoms. The van der Waals surface area contributed by atoms with Gasteiger partial charge in [0.1, 0.15) is 5.78 Å². The van der Waals surface area contributed by atoms with E-state index in [1.54, 1.807) is 0 Å². The van der Waals surface area contributed by atoms with E-state index in [1.807, 2.05) is 20.8 Å². The lowest BCUT2D eigenvalue weighted by Gasteiger charge is -2.37. The molecule has 2 saturated carbocycles. The molecule has 0 saturated heterocycles. The van der Waals surface area contributed by atoms with E-state index in [2.05, 4.69) is 12.5 Å². The zero-order valence-electron chi connectivity index (χ0n) is 15.4. The van der Waals surface area contributed by atoms with Gasteiger partial charge in [-0.1, -0.05) is 20.8 Å². The van der Waals surface area contributed by atoms with E-state index < -0.39 is 21.3 Å². The molecule has 2 aliphatic rings. The monoisotopic (exact) mass is 378 g/mol. The number of hydrogen-bond acceptors (Lipinski definition) is 5. The molecule has 2 fully saturated rings. The van der Waals surface area contributed by atoms with Crippen LogP contribution in [0.3, 0.4) is 0 Å². The summed E-state index contributed by atoms with van der Waals surface area (Å²) in [5.74, 6) is 0.927. The molecule has 5 nitrogen and oxygen atoms in total. The van der Waals surface area contributed by atoms with Crippen molar-refractivity contribution in [3.8, 4) is 0 Å². The van der Waals surface area contributed by atoms with Crippen LogP contribution >= 0.6 is 0 Å². The fourth-order valence-electron chi connectivity index (χ4n) is 4.08. The van der Waals surface area contributed by atoms with E-state index in [0.29, 0.717) is 29.5 Å². The molecular weight excluding hydrogens is 348 g/mol. The molecular formula is C17H30O5S2. The van der Waals surface area contributed by atoms with Crippen LogP contribution in [0, 0.1) is 16.7 Å². The summed E-state index contributed by atoms with van der Waals surface area (Å²) in [5, 5.41) is 0. The van der Waals surface area contributed by atoms with Gasteiger partial charge in [-0.25, -0.2) is 8.42 Å². The molecule has 0 amide bonds. The van der Waals surface area contributed by atoms with Gasteiger partial charge < -0.3 is 4.55 Å². The van der Waals surface area contributed by atoms with Crippen molar-refractivity contribution in [3.05, 3.63) is 0 Å². The summed E-state index contributed by atoms with van der Waals surface area (Å²) in [7, 11) is -4.02. The summed E-state index contributed by atoms with van der Waals surface area (Å²) in [5.41, 5.74) is -1.22. The third-order valence-electron chi connectivity index (χ3n) is 5.54. The molecule has 0 aromatic carbocycles. The Balaban J connectivity index is 0.000000277. The van der Waals surface area contributed by atoms with E-state index in [0.717, 1.165) is 25.0 Å². The van der Waals surface area contributed by atoms with Crippen molar-refractivity contribution in [2.24, 2.45) is 16.7 Å². The maximum atomic E-state index is 11.8. The van der Waals surface area contributed by atoms with Gasteiger partial charge in [0.05, 0.1) is 28.4 Å². The maximum Gasteiger partial charge on any atom is 0.181 e. The van der Waals surface area contributed by atoms with Crippen LogP contribution < -0.4 is 0 Å². The van der Waals surface area contributed by atoms with Crippen molar-refractivity contribution < 1.29 is 22.6 Å². The minimum absolute atomic E-state index is 0.0248. The number of carbonyl (C=O) groups is 2. The highest BCUT2D eigenvalue weighted by molar-refractivity contribution is 7.96. The van der Waals surface area contributed by atoms with Crippen LogP contribution in [0.4, 0.5) is 0 Å². The minimum Gasteiger partial charge on any atom is -0.748 e. The molecule has 7 heteroatoms. The molecule has 24 heavy (non-hydrogen) atoms. The van der Waals surface area contributed by atoms with Gasteiger partial charge in [0.25, 0.3) is 0 Å². The fourth-order valence-corrected chi connectivity index (χ4v) is 6.15. The number of rotatable bonds is 6. The molecule has 0 aromatic heterocycles. The summed E-state index contributed by atoms with van der Waals surface area (Å²) in [6.45, 7) is 5.88. The molecule has 2 atom stereocenters. The second kappa shape index (κ2) is 7.87. The van der Waals surface area contributed by atoms with Gasteiger partial charge in [-0.2, -0.15) is 0 Å². The second-order valence-corrected chi connectivity index (χ2v) is 11.5. The first-order chi connectivity index (χ1) is 10.9. The number of hydrogen-bond donors (Lipinski definition) is 0. The van der Waals surface area contributed by atoms with Gasteiger partial charge in [-0.3, -0.25) is 9.59 Å². The van der Waals surface area contributed by atoms with Gasteiger partial charge in [-0.05, 0) is 41.5 Å². The third-order valence-corrected chi connectivity index (χ3v) is 7.29. The smallest absolute Gasteiger partial charge is 0.181 e. The molecule has 0 N–H and O–H groups in total. The van der Waals surface area contributed by atoms with E-state index in [4.69, 9.17) is 0 Å². The van der Waals surface area contributed by atoms with E-state index in [1.165, 1.54) is 0 Å². The second-order valence-electron chi connectivity index (χ2n) is 7.79. The SMILES string of the molecule is CC1(C)C2CCC1(CS(=O)(=O)[O-])C(=O)C2.CCCC(=O)C[S+](C)C. The number of Topliss-reactive ketones (excluding diaryl/α,β-unsaturated/α-hetero) is 2. The first-order valence-corrected chi connectivity index (χ1v) is 12.2. The Bertz CT molecular complexity index is 580. The normalized spacial score (nSPS) is 28.0. The lowest BCUT2D eigenvalue weighted by atomic mass is 9.70. The van der Waals surface area contributed by atoms with Crippen molar-refractivity contribution in [3.63, 3.8) is 0 Å². The molecule has 2 rings (SSSR count). The molecule has 2 bridgehead atoms. The molecule has 0 heterocycles. The minimum atomic E-state index is -4.33. The first kappa shape index (κ1) is 21.6. The van der Waals surface area contributed by atoms with Crippen molar-refractivity contribution in [2.45, 2.75) is 52.9 Å². The van der Waals surface area contributed by atoms with E-state index in [9.17, 15) is 22.6 Å². The van der Waals surface area contributed by atoms with Crippen LogP contribution in [0.5, 0.6) is 0 Å². The fraction of sp³-hybridized carbons (Fsp3) is 0.882. The third kappa shape index (κ3) is 4.82. The molecule has 0 radical (unpaired) electrons. The predicted octanol–water partition coefficient (Wildman–Crippen LogP) is 2.16. The van der Waals surface area contributed by atoms with Crippen LogP contribution in [0.25, 0.3) is 0 Å². The van der Waals surface area contributed by atoms with Gasteiger partial charge in [0, 0.05) is 18.3 Å². The highest BCUT2D eigenvalue weighted by Crippen LogP contribution is 2.64. The summed E-state index contributed by atoms with van der Waals surface area (Å²) in [4.78, 5) is 22.7. The summed E-state index contributed by atoms with van der Waals surface area (Å²) in [6, 6.07) is 0. The Morgan fingerprint density at radius 2 is 1.92 bits per heavy atom. The van der Waals surface area contributed by atoms with E-state index in [-0.39, 0.29) is 17.1 Å². The van der Waals surface area contributed by atoms with E-state index >= 15 is 0 Å². The Hall–Kier alpha value is -0.400. The summed E-state index contributed by atoms with van der Waals surface area (Å²) >= 11 is 0. The number of carbonyl (C=O) groups excluding carboxylic acids is 2. The topological polar surface area (TPSA) is 91.3 Å². The van der Waals surface area contributed by atoms with Crippen LogP contribution in [-0.4, -0.2) is 48.6 Å². The molecule has 140 valence electrons. The van der Waals surface area contributed by atoms with Crippen molar-refractivity contribution in [1.82, 2.24) is 0 Å².